The maximum Gasteiger partial charge on any atom is 0.408 e. The molecule has 0 aliphatic rings. The zero-order chi connectivity index (χ0) is 16.0. The molecule has 120 valence electrons. The molecule has 0 radical (unpaired) electrons. The van der Waals surface area contributed by atoms with Crippen LogP contribution in [0.5, 0.6) is 0 Å². The normalized spacial score (nSPS) is 11.5. The average molecular weight is 325 g/mol. The summed E-state index contributed by atoms with van der Waals surface area (Å²) in [5.41, 5.74) is 0. The standard InChI is InChI=1S/C11H18F3N5OS/c1-18(2)10(20)15-6-9-16-8(4-5-21-3)17-19(9)7-11(12,13)14/h4-7H2,1-3H3,(H,15,20). The lowest BCUT2D eigenvalue weighted by atomic mass is 10.4. The van der Waals surface area contributed by atoms with Crippen LogP contribution in [0.4, 0.5) is 18.0 Å². The van der Waals surface area contributed by atoms with Gasteiger partial charge < -0.3 is 10.2 Å². The third-order valence-electron chi connectivity index (χ3n) is 2.45. The van der Waals surface area contributed by atoms with Crippen molar-refractivity contribution in [1.29, 1.82) is 0 Å². The molecule has 1 heterocycles. The van der Waals surface area contributed by atoms with E-state index >= 15 is 0 Å². The zero-order valence-electron chi connectivity index (χ0n) is 12.1. The van der Waals surface area contributed by atoms with E-state index in [0.717, 1.165) is 10.4 Å². The highest BCUT2D eigenvalue weighted by Gasteiger charge is 2.30. The Morgan fingerprint density at radius 3 is 2.62 bits per heavy atom. The van der Waals surface area contributed by atoms with E-state index in [9.17, 15) is 18.0 Å². The number of nitrogens with zero attached hydrogens (tertiary/aromatic N) is 4. The molecule has 0 saturated heterocycles. The highest BCUT2D eigenvalue weighted by Crippen LogP contribution is 2.18. The fraction of sp³-hybridized carbons (Fsp3) is 0.727. The largest absolute Gasteiger partial charge is 0.408 e. The number of aromatic nitrogens is 3. The maximum atomic E-state index is 12.5. The van der Waals surface area contributed by atoms with Gasteiger partial charge in [-0.2, -0.15) is 30.0 Å². The summed E-state index contributed by atoms with van der Waals surface area (Å²) in [6, 6.07) is -0.401. The van der Waals surface area contributed by atoms with Gasteiger partial charge in [-0.15, -0.1) is 0 Å². The summed E-state index contributed by atoms with van der Waals surface area (Å²) in [7, 11) is 3.08. The summed E-state index contributed by atoms with van der Waals surface area (Å²) >= 11 is 1.56. The Bertz CT molecular complexity index is 475. The Morgan fingerprint density at radius 1 is 1.43 bits per heavy atom. The minimum absolute atomic E-state index is 0.0960. The average Bonchev–Trinajstić information content (AvgIpc) is 2.73. The van der Waals surface area contributed by atoms with Crippen LogP contribution < -0.4 is 5.32 Å². The van der Waals surface area contributed by atoms with E-state index in [4.69, 9.17) is 0 Å². The third kappa shape index (κ3) is 6.23. The van der Waals surface area contributed by atoms with Crippen LogP contribution in [-0.4, -0.2) is 58.0 Å². The number of hydrogen-bond acceptors (Lipinski definition) is 4. The highest BCUT2D eigenvalue weighted by atomic mass is 32.2. The van der Waals surface area contributed by atoms with Gasteiger partial charge in [-0.1, -0.05) is 0 Å². The van der Waals surface area contributed by atoms with Crippen LogP contribution in [0.15, 0.2) is 0 Å². The van der Waals surface area contributed by atoms with E-state index in [1.807, 2.05) is 6.26 Å². The van der Waals surface area contributed by atoms with Gasteiger partial charge in [0, 0.05) is 26.3 Å². The van der Waals surface area contributed by atoms with E-state index in [1.54, 1.807) is 25.9 Å². The van der Waals surface area contributed by atoms with Crippen molar-refractivity contribution in [2.24, 2.45) is 0 Å². The summed E-state index contributed by atoms with van der Waals surface area (Å²) in [5, 5.41) is 6.35. The third-order valence-corrected chi connectivity index (χ3v) is 3.07. The van der Waals surface area contributed by atoms with Crippen molar-refractivity contribution in [3.63, 3.8) is 0 Å². The number of urea groups is 1. The summed E-state index contributed by atoms with van der Waals surface area (Å²) in [6.07, 6.45) is -2.00. The van der Waals surface area contributed by atoms with E-state index < -0.39 is 18.8 Å². The predicted octanol–water partition coefficient (Wildman–Crippen LogP) is 1.52. The lowest BCUT2D eigenvalue weighted by Gasteiger charge is -2.12. The molecule has 0 atom stereocenters. The second-order valence-corrected chi connectivity index (χ2v) is 5.50. The molecule has 1 rings (SSSR count). The Morgan fingerprint density at radius 2 is 2.10 bits per heavy atom. The van der Waals surface area contributed by atoms with Crippen molar-refractivity contribution in [3.8, 4) is 0 Å². The van der Waals surface area contributed by atoms with Crippen molar-refractivity contribution < 1.29 is 18.0 Å². The molecule has 10 heteroatoms. The number of nitrogens with one attached hydrogen (secondary N) is 1. The smallest absolute Gasteiger partial charge is 0.331 e. The molecule has 0 saturated carbocycles. The second kappa shape index (κ2) is 7.53. The van der Waals surface area contributed by atoms with E-state index in [2.05, 4.69) is 15.4 Å². The first kappa shape index (κ1) is 17.6. The monoisotopic (exact) mass is 325 g/mol. The molecule has 2 amide bonds. The second-order valence-electron chi connectivity index (χ2n) is 4.51. The van der Waals surface area contributed by atoms with Crippen molar-refractivity contribution in [3.05, 3.63) is 11.6 Å². The first-order valence-corrected chi connectivity index (χ1v) is 7.55. The number of alkyl halides is 3. The van der Waals surface area contributed by atoms with Gasteiger partial charge in [0.2, 0.25) is 0 Å². The van der Waals surface area contributed by atoms with E-state index in [1.165, 1.54) is 4.90 Å². The highest BCUT2D eigenvalue weighted by molar-refractivity contribution is 7.98. The molecule has 21 heavy (non-hydrogen) atoms. The zero-order valence-corrected chi connectivity index (χ0v) is 12.9. The fourth-order valence-electron chi connectivity index (χ4n) is 1.47. The molecule has 0 fully saturated rings. The molecule has 6 nitrogen and oxygen atoms in total. The van der Waals surface area contributed by atoms with Gasteiger partial charge in [0.05, 0.1) is 6.54 Å². The van der Waals surface area contributed by atoms with Gasteiger partial charge in [0.1, 0.15) is 12.4 Å². The molecular formula is C11H18F3N5OS. The van der Waals surface area contributed by atoms with Crippen LogP contribution in [0.25, 0.3) is 0 Å². The quantitative estimate of drug-likeness (QED) is 0.861. The molecule has 0 bridgehead atoms. The van der Waals surface area contributed by atoms with Crippen LogP contribution in [0.3, 0.4) is 0 Å². The molecular weight excluding hydrogens is 307 g/mol. The first-order valence-electron chi connectivity index (χ1n) is 6.16. The Hall–Kier alpha value is -1.45. The Labute approximate surface area is 125 Å². The minimum Gasteiger partial charge on any atom is -0.331 e. The summed E-state index contributed by atoms with van der Waals surface area (Å²) in [5.74, 6) is 1.17. The van der Waals surface area contributed by atoms with Gasteiger partial charge in [0.15, 0.2) is 5.82 Å². The molecule has 0 aliphatic carbocycles. The number of hydrogen-bond donors (Lipinski definition) is 1. The van der Waals surface area contributed by atoms with Crippen molar-refractivity contribution >= 4 is 17.8 Å². The number of aryl methyl sites for hydroxylation is 1. The van der Waals surface area contributed by atoms with Gasteiger partial charge in [-0.05, 0) is 6.26 Å². The van der Waals surface area contributed by atoms with Crippen molar-refractivity contribution in [2.75, 3.05) is 26.1 Å². The number of thioether (sulfide) groups is 1. The van der Waals surface area contributed by atoms with Crippen LogP contribution in [-0.2, 0) is 19.5 Å². The molecule has 0 unspecified atom stereocenters. The van der Waals surface area contributed by atoms with Crippen LogP contribution in [0.2, 0.25) is 0 Å². The van der Waals surface area contributed by atoms with E-state index in [0.29, 0.717) is 12.2 Å². The van der Waals surface area contributed by atoms with Gasteiger partial charge in [-0.3, -0.25) is 0 Å². The molecule has 1 N–H and O–H groups in total. The van der Waals surface area contributed by atoms with Crippen LogP contribution in [0.1, 0.15) is 11.6 Å². The van der Waals surface area contributed by atoms with Crippen LogP contribution >= 0.6 is 11.8 Å². The van der Waals surface area contributed by atoms with Crippen molar-refractivity contribution in [1.82, 2.24) is 25.0 Å². The molecule has 1 aromatic heterocycles. The Kier molecular flexibility index (Phi) is 6.31. The Balaban J connectivity index is 2.82. The molecule has 0 spiro atoms. The number of amides is 2. The maximum absolute atomic E-state index is 12.5. The number of carbonyl (C=O) groups excluding carboxylic acids is 1. The van der Waals surface area contributed by atoms with Crippen molar-refractivity contribution in [2.45, 2.75) is 25.7 Å². The predicted molar refractivity (Wildman–Crippen MR) is 74.1 cm³/mol. The molecule has 0 aromatic carbocycles. The first-order chi connectivity index (χ1) is 9.73. The SMILES string of the molecule is CSCCc1nc(CNC(=O)N(C)C)n(CC(F)(F)F)n1. The van der Waals surface area contributed by atoms with Crippen LogP contribution in [0, 0.1) is 0 Å². The van der Waals surface area contributed by atoms with Gasteiger partial charge in [-0.25, -0.2) is 14.5 Å². The lowest BCUT2D eigenvalue weighted by Crippen LogP contribution is -2.35. The van der Waals surface area contributed by atoms with Gasteiger partial charge >= 0.3 is 12.2 Å². The minimum atomic E-state index is -4.38. The van der Waals surface area contributed by atoms with Gasteiger partial charge in [0.25, 0.3) is 0 Å². The molecule has 0 aliphatic heterocycles. The fourth-order valence-corrected chi connectivity index (χ4v) is 1.85. The number of rotatable bonds is 6. The number of carbonyl (C=O) groups is 1. The summed E-state index contributed by atoms with van der Waals surface area (Å²) in [4.78, 5) is 16.8. The van der Waals surface area contributed by atoms with E-state index in [-0.39, 0.29) is 12.4 Å². The summed E-state index contributed by atoms with van der Waals surface area (Å²) < 4.78 is 38.4. The molecule has 1 aromatic rings. The summed E-state index contributed by atoms with van der Waals surface area (Å²) in [6.45, 7) is -1.31. The topological polar surface area (TPSA) is 63.1 Å². The lowest BCUT2D eigenvalue weighted by molar-refractivity contribution is -0.143. The number of halogens is 3.